The average molecular weight is 358 g/mol. The van der Waals surface area contributed by atoms with Crippen molar-refractivity contribution in [3.8, 4) is 5.75 Å². The summed E-state index contributed by atoms with van der Waals surface area (Å²) in [5.74, 6) is 1.51. The molecule has 1 amide bonds. The van der Waals surface area contributed by atoms with Gasteiger partial charge in [0.1, 0.15) is 11.5 Å². The van der Waals surface area contributed by atoms with E-state index in [0.29, 0.717) is 25.3 Å². The summed E-state index contributed by atoms with van der Waals surface area (Å²) in [4.78, 5) is 14.8. The molecular formula is C20H26N2O4. The van der Waals surface area contributed by atoms with Crippen molar-refractivity contribution in [3.63, 3.8) is 0 Å². The molecule has 1 saturated heterocycles. The third-order valence-electron chi connectivity index (χ3n) is 4.30. The van der Waals surface area contributed by atoms with Crippen molar-refractivity contribution in [2.24, 2.45) is 0 Å². The van der Waals surface area contributed by atoms with Crippen LogP contribution in [-0.2, 0) is 4.74 Å². The Morgan fingerprint density at radius 3 is 2.54 bits per heavy atom. The molecule has 6 heteroatoms. The summed E-state index contributed by atoms with van der Waals surface area (Å²) in [6, 6.07) is 11.0. The lowest BCUT2D eigenvalue weighted by atomic mass is 10.1. The maximum Gasteiger partial charge on any atom is 0.251 e. The van der Waals surface area contributed by atoms with Gasteiger partial charge >= 0.3 is 0 Å². The van der Waals surface area contributed by atoms with Crippen molar-refractivity contribution in [2.75, 3.05) is 32.8 Å². The number of nitrogens with zero attached hydrogens (tertiary/aromatic N) is 1. The molecule has 1 aliphatic heterocycles. The summed E-state index contributed by atoms with van der Waals surface area (Å²) < 4.78 is 16.6. The van der Waals surface area contributed by atoms with E-state index in [0.717, 1.165) is 24.6 Å². The lowest BCUT2D eigenvalue weighted by Gasteiger charge is -2.33. The number of amides is 1. The van der Waals surface area contributed by atoms with E-state index >= 15 is 0 Å². The average Bonchev–Trinajstić information content (AvgIpc) is 3.17. The molecular weight excluding hydrogens is 332 g/mol. The molecule has 2 aromatic rings. The summed E-state index contributed by atoms with van der Waals surface area (Å²) in [5.41, 5.74) is 0.612. The van der Waals surface area contributed by atoms with Gasteiger partial charge in [0.15, 0.2) is 0 Å². The van der Waals surface area contributed by atoms with Gasteiger partial charge in [0.25, 0.3) is 5.91 Å². The van der Waals surface area contributed by atoms with Crippen LogP contribution < -0.4 is 10.1 Å². The van der Waals surface area contributed by atoms with Gasteiger partial charge < -0.3 is 19.2 Å². The molecule has 1 aliphatic rings. The maximum atomic E-state index is 12.5. The molecule has 140 valence electrons. The highest BCUT2D eigenvalue weighted by molar-refractivity contribution is 5.94. The molecule has 1 aromatic carbocycles. The number of hydrogen-bond acceptors (Lipinski definition) is 5. The highest BCUT2D eigenvalue weighted by Crippen LogP contribution is 2.22. The monoisotopic (exact) mass is 358 g/mol. The minimum Gasteiger partial charge on any atom is -0.491 e. The number of furan rings is 1. The second kappa shape index (κ2) is 8.87. The minimum absolute atomic E-state index is 0.00129. The number of hydrogen-bond donors (Lipinski definition) is 1. The van der Waals surface area contributed by atoms with Crippen LogP contribution in [0.2, 0.25) is 0 Å². The molecule has 1 N–H and O–H groups in total. The fraction of sp³-hybridized carbons (Fsp3) is 0.450. The van der Waals surface area contributed by atoms with Gasteiger partial charge in [-0.25, -0.2) is 0 Å². The molecule has 2 heterocycles. The van der Waals surface area contributed by atoms with Crippen molar-refractivity contribution in [2.45, 2.75) is 26.0 Å². The van der Waals surface area contributed by atoms with Gasteiger partial charge in [-0.15, -0.1) is 0 Å². The van der Waals surface area contributed by atoms with E-state index < -0.39 is 0 Å². The molecule has 0 aliphatic carbocycles. The van der Waals surface area contributed by atoms with Gasteiger partial charge in [-0.3, -0.25) is 9.69 Å². The Balaban J connectivity index is 1.62. The smallest absolute Gasteiger partial charge is 0.251 e. The highest BCUT2D eigenvalue weighted by Gasteiger charge is 2.25. The van der Waals surface area contributed by atoms with Crippen LogP contribution in [0.1, 0.15) is 36.0 Å². The highest BCUT2D eigenvalue weighted by atomic mass is 16.5. The zero-order chi connectivity index (χ0) is 18.4. The van der Waals surface area contributed by atoms with E-state index in [1.54, 1.807) is 18.4 Å². The van der Waals surface area contributed by atoms with E-state index in [1.165, 1.54) is 0 Å². The Morgan fingerprint density at radius 2 is 1.92 bits per heavy atom. The van der Waals surface area contributed by atoms with Gasteiger partial charge in [-0.2, -0.15) is 0 Å². The van der Waals surface area contributed by atoms with Crippen LogP contribution >= 0.6 is 0 Å². The van der Waals surface area contributed by atoms with Crippen LogP contribution in [0.15, 0.2) is 47.1 Å². The number of benzene rings is 1. The minimum atomic E-state index is -0.106. The third-order valence-corrected chi connectivity index (χ3v) is 4.30. The third kappa shape index (κ3) is 4.86. The molecule has 0 unspecified atom stereocenters. The predicted octanol–water partition coefficient (Wildman–Crippen LogP) is 2.87. The van der Waals surface area contributed by atoms with Crippen molar-refractivity contribution < 1.29 is 18.7 Å². The first-order valence-electron chi connectivity index (χ1n) is 9.03. The van der Waals surface area contributed by atoms with Crippen LogP contribution in [0.4, 0.5) is 0 Å². The normalized spacial score (nSPS) is 16.4. The first-order valence-corrected chi connectivity index (χ1v) is 9.03. The van der Waals surface area contributed by atoms with Crippen LogP contribution in [0.25, 0.3) is 0 Å². The summed E-state index contributed by atoms with van der Waals surface area (Å²) in [7, 11) is 0. The molecule has 1 fully saturated rings. The van der Waals surface area contributed by atoms with E-state index in [9.17, 15) is 4.79 Å². The number of morpholine rings is 1. The molecule has 26 heavy (non-hydrogen) atoms. The lowest BCUT2D eigenvalue weighted by molar-refractivity contribution is 0.0118. The number of carbonyl (C=O) groups is 1. The molecule has 0 saturated carbocycles. The molecule has 1 aromatic heterocycles. The van der Waals surface area contributed by atoms with E-state index in [-0.39, 0.29) is 18.1 Å². The fourth-order valence-corrected chi connectivity index (χ4v) is 3.03. The van der Waals surface area contributed by atoms with Gasteiger partial charge in [-0.05, 0) is 50.2 Å². The standard InChI is InChI=1S/C20H26N2O4/c1-15(2)26-17-7-5-16(6-8-17)20(23)21-14-18(19-4-3-11-25-19)22-9-12-24-13-10-22/h3-8,11,15,18H,9-10,12-14H2,1-2H3,(H,21,23)/t18-/m0/s1. The van der Waals surface area contributed by atoms with Crippen molar-refractivity contribution in [3.05, 3.63) is 54.0 Å². The number of rotatable bonds is 7. The van der Waals surface area contributed by atoms with Crippen LogP contribution in [0.3, 0.4) is 0 Å². The van der Waals surface area contributed by atoms with Crippen molar-refractivity contribution >= 4 is 5.91 Å². The topological polar surface area (TPSA) is 63.9 Å². The van der Waals surface area contributed by atoms with Crippen molar-refractivity contribution in [1.82, 2.24) is 10.2 Å². The van der Waals surface area contributed by atoms with E-state index in [1.807, 2.05) is 38.1 Å². The number of ether oxygens (including phenoxy) is 2. The first kappa shape index (κ1) is 18.5. The second-order valence-corrected chi connectivity index (χ2v) is 6.58. The fourth-order valence-electron chi connectivity index (χ4n) is 3.03. The summed E-state index contributed by atoms with van der Waals surface area (Å²) >= 11 is 0. The Labute approximate surface area is 154 Å². The Morgan fingerprint density at radius 1 is 1.19 bits per heavy atom. The second-order valence-electron chi connectivity index (χ2n) is 6.58. The van der Waals surface area contributed by atoms with Crippen LogP contribution in [0.5, 0.6) is 5.75 Å². The quantitative estimate of drug-likeness (QED) is 0.825. The lowest BCUT2D eigenvalue weighted by Crippen LogP contribution is -2.43. The van der Waals surface area contributed by atoms with Gasteiger partial charge in [-0.1, -0.05) is 0 Å². The van der Waals surface area contributed by atoms with E-state index in [4.69, 9.17) is 13.9 Å². The number of nitrogens with one attached hydrogen (secondary N) is 1. The zero-order valence-electron chi connectivity index (χ0n) is 15.3. The SMILES string of the molecule is CC(C)Oc1ccc(C(=O)NC[C@@H](c2ccco2)N2CCOCC2)cc1. The first-order chi connectivity index (χ1) is 12.6. The molecule has 6 nitrogen and oxygen atoms in total. The molecule has 0 radical (unpaired) electrons. The van der Waals surface area contributed by atoms with Gasteiger partial charge in [0, 0.05) is 25.2 Å². The van der Waals surface area contributed by atoms with Crippen LogP contribution in [-0.4, -0.2) is 49.8 Å². The Kier molecular flexibility index (Phi) is 6.30. The zero-order valence-corrected chi connectivity index (χ0v) is 15.3. The Bertz CT molecular complexity index is 676. The van der Waals surface area contributed by atoms with E-state index in [2.05, 4.69) is 10.2 Å². The molecule has 0 bridgehead atoms. The Hall–Kier alpha value is -2.31. The molecule has 1 atom stereocenters. The van der Waals surface area contributed by atoms with Gasteiger partial charge in [0.05, 0.1) is 31.6 Å². The van der Waals surface area contributed by atoms with Crippen molar-refractivity contribution in [1.29, 1.82) is 0 Å². The van der Waals surface area contributed by atoms with Gasteiger partial charge in [0.2, 0.25) is 0 Å². The maximum absolute atomic E-state index is 12.5. The summed E-state index contributed by atoms with van der Waals surface area (Å²) in [6.45, 7) is 7.47. The van der Waals surface area contributed by atoms with Crippen LogP contribution in [0, 0.1) is 0 Å². The predicted molar refractivity (Wildman–Crippen MR) is 98.4 cm³/mol. The largest absolute Gasteiger partial charge is 0.491 e. The molecule has 0 spiro atoms. The summed E-state index contributed by atoms with van der Waals surface area (Å²) in [5, 5.41) is 3.02. The summed E-state index contributed by atoms with van der Waals surface area (Å²) in [6.07, 6.45) is 1.77. The number of carbonyl (C=O) groups excluding carboxylic acids is 1. The molecule has 3 rings (SSSR count).